The van der Waals surface area contributed by atoms with Crippen molar-refractivity contribution in [3.8, 4) is 11.8 Å². The molecule has 0 aromatic heterocycles. The van der Waals surface area contributed by atoms with Gasteiger partial charge in [0.15, 0.2) is 0 Å². The van der Waals surface area contributed by atoms with Gasteiger partial charge >= 0.3 is 0 Å². The summed E-state index contributed by atoms with van der Waals surface area (Å²) in [6, 6.07) is 7.05. The Morgan fingerprint density at radius 2 is 2.33 bits per heavy atom. The molecule has 1 atom stereocenters. The topological polar surface area (TPSA) is 78.4 Å². The maximum Gasteiger partial charge on any atom is 0.251 e. The molecule has 0 spiro atoms. The summed E-state index contributed by atoms with van der Waals surface area (Å²) in [5.74, 6) is 5.58. The van der Waals surface area contributed by atoms with Gasteiger partial charge in [-0.1, -0.05) is 17.9 Å². The third kappa shape index (κ3) is 4.62. The SMILES string of the molecule is O=C1CCC(CNC(=O)c2cccc(C#CCCO)c2)N1. The van der Waals surface area contributed by atoms with Crippen LogP contribution in [0.5, 0.6) is 0 Å². The van der Waals surface area contributed by atoms with Crippen LogP contribution in [0.15, 0.2) is 24.3 Å². The number of carbonyl (C=O) groups excluding carboxylic acids is 2. The lowest BCUT2D eigenvalue weighted by molar-refractivity contribution is -0.119. The fourth-order valence-electron chi connectivity index (χ4n) is 2.11. The first-order chi connectivity index (χ1) is 10.2. The molecule has 5 nitrogen and oxygen atoms in total. The Morgan fingerprint density at radius 1 is 1.48 bits per heavy atom. The number of amides is 2. The second-order valence-corrected chi connectivity index (χ2v) is 4.87. The molecule has 110 valence electrons. The molecule has 5 heteroatoms. The molecule has 0 bridgehead atoms. The maximum absolute atomic E-state index is 12.1. The molecule has 0 saturated carbocycles. The van der Waals surface area contributed by atoms with Crippen molar-refractivity contribution in [2.45, 2.75) is 25.3 Å². The van der Waals surface area contributed by atoms with E-state index in [0.29, 0.717) is 24.9 Å². The van der Waals surface area contributed by atoms with Crippen molar-refractivity contribution in [2.75, 3.05) is 13.2 Å². The van der Waals surface area contributed by atoms with Crippen LogP contribution in [0.1, 0.15) is 35.2 Å². The van der Waals surface area contributed by atoms with Crippen LogP contribution in [0.25, 0.3) is 0 Å². The zero-order valence-electron chi connectivity index (χ0n) is 11.7. The van der Waals surface area contributed by atoms with Gasteiger partial charge in [-0.2, -0.15) is 0 Å². The first kappa shape index (κ1) is 15.1. The van der Waals surface area contributed by atoms with Crippen molar-refractivity contribution in [2.24, 2.45) is 0 Å². The predicted molar refractivity (Wildman–Crippen MR) is 78.5 cm³/mol. The van der Waals surface area contributed by atoms with Gasteiger partial charge in [0.1, 0.15) is 0 Å². The van der Waals surface area contributed by atoms with Gasteiger partial charge in [-0.05, 0) is 24.6 Å². The third-order valence-electron chi connectivity index (χ3n) is 3.19. The van der Waals surface area contributed by atoms with Crippen molar-refractivity contribution in [3.05, 3.63) is 35.4 Å². The maximum atomic E-state index is 12.1. The van der Waals surface area contributed by atoms with Crippen LogP contribution in [-0.4, -0.2) is 36.1 Å². The molecule has 1 aliphatic heterocycles. The molecule has 2 amide bonds. The Balaban J connectivity index is 1.91. The van der Waals surface area contributed by atoms with E-state index >= 15 is 0 Å². The number of nitrogens with one attached hydrogen (secondary N) is 2. The van der Waals surface area contributed by atoms with Gasteiger partial charge in [0.05, 0.1) is 6.61 Å². The Morgan fingerprint density at radius 3 is 3.05 bits per heavy atom. The number of hydrogen-bond donors (Lipinski definition) is 3. The summed E-state index contributed by atoms with van der Waals surface area (Å²) >= 11 is 0. The molecule has 1 heterocycles. The van der Waals surface area contributed by atoms with Crippen LogP contribution < -0.4 is 10.6 Å². The molecule has 1 aromatic carbocycles. The van der Waals surface area contributed by atoms with E-state index in [1.54, 1.807) is 18.2 Å². The number of aliphatic hydroxyl groups excluding tert-OH is 1. The van der Waals surface area contributed by atoms with Gasteiger partial charge in [0.2, 0.25) is 5.91 Å². The summed E-state index contributed by atoms with van der Waals surface area (Å²) < 4.78 is 0. The Bertz CT molecular complexity index is 587. The van der Waals surface area contributed by atoms with Crippen molar-refractivity contribution >= 4 is 11.8 Å². The van der Waals surface area contributed by atoms with Gasteiger partial charge in [-0.15, -0.1) is 0 Å². The summed E-state index contributed by atoms with van der Waals surface area (Å²) in [7, 11) is 0. The minimum Gasteiger partial charge on any atom is -0.395 e. The Hall–Kier alpha value is -2.32. The van der Waals surface area contributed by atoms with Crippen LogP contribution >= 0.6 is 0 Å². The largest absolute Gasteiger partial charge is 0.395 e. The van der Waals surface area contributed by atoms with Crippen LogP contribution in [-0.2, 0) is 4.79 Å². The molecule has 1 fully saturated rings. The zero-order valence-corrected chi connectivity index (χ0v) is 11.7. The Kier molecular flexibility index (Phi) is 5.35. The standard InChI is InChI=1S/C16H18N2O3/c19-9-2-1-4-12-5-3-6-13(10-12)16(21)17-11-14-7-8-15(20)18-14/h3,5-6,10,14,19H,2,7-9,11H2,(H,17,21)(H,18,20). The highest BCUT2D eigenvalue weighted by Crippen LogP contribution is 2.07. The molecule has 21 heavy (non-hydrogen) atoms. The molecule has 0 aliphatic carbocycles. The molecule has 1 unspecified atom stereocenters. The fraction of sp³-hybridized carbons (Fsp3) is 0.375. The quantitative estimate of drug-likeness (QED) is 0.702. The normalized spacial score (nSPS) is 16.8. The van der Waals surface area contributed by atoms with Gasteiger partial charge in [0.25, 0.3) is 5.91 Å². The first-order valence-corrected chi connectivity index (χ1v) is 6.96. The van der Waals surface area contributed by atoms with Crippen molar-refractivity contribution < 1.29 is 14.7 Å². The molecule has 2 rings (SSSR count). The zero-order chi connectivity index (χ0) is 15.1. The van der Waals surface area contributed by atoms with Crippen molar-refractivity contribution in [3.63, 3.8) is 0 Å². The first-order valence-electron chi connectivity index (χ1n) is 6.96. The van der Waals surface area contributed by atoms with Crippen molar-refractivity contribution in [1.29, 1.82) is 0 Å². The minimum atomic E-state index is -0.179. The lowest BCUT2D eigenvalue weighted by Crippen LogP contribution is -2.38. The number of carbonyl (C=O) groups is 2. The monoisotopic (exact) mass is 286 g/mol. The van der Waals surface area contributed by atoms with Gasteiger partial charge < -0.3 is 15.7 Å². The fourth-order valence-corrected chi connectivity index (χ4v) is 2.11. The van der Waals surface area contributed by atoms with E-state index in [1.807, 2.05) is 6.07 Å². The van der Waals surface area contributed by atoms with Crippen LogP contribution in [0.3, 0.4) is 0 Å². The van der Waals surface area contributed by atoms with Gasteiger partial charge in [0, 0.05) is 36.6 Å². The van der Waals surface area contributed by atoms with E-state index in [9.17, 15) is 9.59 Å². The molecule has 1 saturated heterocycles. The van der Waals surface area contributed by atoms with E-state index in [4.69, 9.17) is 5.11 Å². The van der Waals surface area contributed by atoms with Crippen LogP contribution in [0.2, 0.25) is 0 Å². The number of rotatable bonds is 4. The summed E-state index contributed by atoms with van der Waals surface area (Å²) in [6.07, 6.45) is 1.69. The van der Waals surface area contributed by atoms with Gasteiger partial charge in [-0.3, -0.25) is 9.59 Å². The smallest absolute Gasteiger partial charge is 0.251 e. The predicted octanol–water partition coefficient (Wildman–Crippen LogP) is 0.429. The second-order valence-electron chi connectivity index (χ2n) is 4.87. The number of hydrogen-bond acceptors (Lipinski definition) is 3. The molecule has 0 radical (unpaired) electrons. The molecular weight excluding hydrogens is 268 g/mol. The molecular formula is C16H18N2O3. The van der Waals surface area contributed by atoms with Gasteiger partial charge in [-0.25, -0.2) is 0 Å². The second kappa shape index (κ2) is 7.46. The van der Waals surface area contributed by atoms with Crippen LogP contribution in [0, 0.1) is 11.8 Å². The average Bonchev–Trinajstić information content (AvgIpc) is 2.91. The lowest BCUT2D eigenvalue weighted by atomic mass is 10.1. The van der Waals surface area contributed by atoms with E-state index < -0.39 is 0 Å². The third-order valence-corrected chi connectivity index (χ3v) is 3.19. The average molecular weight is 286 g/mol. The highest BCUT2D eigenvalue weighted by Gasteiger charge is 2.21. The summed E-state index contributed by atoms with van der Waals surface area (Å²) in [6.45, 7) is 0.464. The molecule has 1 aromatic rings. The van der Waals surface area contributed by atoms with E-state index in [-0.39, 0.29) is 24.5 Å². The minimum absolute atomic E-state index is 0.0222. The van der Waals surface area contributed by atoms with Crippen molar-refractivity contribution in [1.82, 2.24) is 10.6 Å². The van der Waals surface area contributed by atoms with E-state index in [1.165, 1.54) is 0 Å². The molecule has 1 aliphatic rings. The van der Waals surface area contributed by atoms with Crippen LogP contribution in [0.4, 0.5) is 0 Å². The van der Waals surface area contributed by atoms with E-state index in [0.717, 1.165) is 12.0 Å². The lowest BCUT2D eigenvalue weighted by Gasteiger charge is -2.11. The highest BCUT2D eigenvalue weighted by molar-refractivity contribution is 5.94. The highest BCUT2D eigenvalue weighted by atomic mass is 16.2. The summed E-state index contributed by atoms with van der Waals surface area (Å²) in [4.78, 5) is 23.1. The number of aliphatic hydroxyl groups is 1. The molecule has 3 N–H and O–H groups in total. The van der Waals surface area contributed by atoms with E-state index in [2.05, 4.69) is 22.5 Å². The summed E-state index contributed by atoms with van der Waals surface area (Å²) in [5, 5.41) is 14.3. The summed E-state index contributed by atoms with van der Waals surface area (Å²) in [5.41, 5.74) is 1.28. The Labute approximate surface area is 123 Å². The number of benzene rings is 1.